The van der Waals surface area contributed by atoms with E-state index in [0.717, 1.165) is 12.4 Å². The topological polar surface area (TPSA) is 97.6 Å². The average molecular weight is 322 g/mol. The lowest BCUT2D eigenvalue weighted by atomic mass is 10.1. The Morgan fingerprint density at radius 2 is 2.28 bits per heavy atom. The fraction of sp³-hybridized carbons (Fsp3) is 0.222. The Morgan fingerprint density at radius 3 is 2.78 bits per heavy atom. The summed E-state index contributed by atoms with van der Waals surface area (Å²) in [5, 5.41) is 3.67. The average Bonchev–Trinajstić information content (AvgIpc) is 2.29. The quantitative estimate of drug-likeness (QED) is 0.358. The molecule has 1 aromatic heterocycles. The molecule has 0 spiro atoms. The molecule has 6 nitrogen and oxygen atoms in total. The molecule has 0 amide bonds. The van der Waals surface area contributed by atoms with Crippen molar-refractivity contribution in [2.75, 3.05) is 6.54 Å². The van der Waals surface area contributed by atoms with E-state index in [1.807, 2.05) is 0 Å². The van der Waals surface area contributed by atoms with E-state index in [9.17, 15) is 13.6 Å². The molecule has 0 saturated heterocycles. The molecule has 1 aromatic rings. The van der Waals surface area contributed by atoms with Gasteiger partial charge in [-0.15, -0.1) is 0 Å². The highest BCUT2D eigenvalue weighted by Gasteiger charge is 2.42. The Bertz CT molecular complexity index is 451. The van der Waals surface area contributed by atoms with Gasteiger partial charge in [0.25, 0.3) is 0 Å². The van der Waals surface area contributed by atoms with Gasteiger partial charge in [-0.25, -0.2) is 5.84 Å². The predicted octanol–water partition coefficient (Wildman–Crippen LogP) is 0.583. The molecule has 0 radical (unpaired) electrons. The first-order valence-electron chi connectivity index (χ1n) is 4.65. The van der Waals surface area contributed by atoms with Crippen LogP contribution in [0.5, 0.6) is 0 Å². The van der Waals surface area contributed by atoms with Crippen LogP contribution in [0.1, 0.15) is 5.69 Å². The first-order valence-corrected chi connectivity index (χ1v) is 5.45. The number of carbonyl (C=O) groups is 1. The summed E-state index contributed by atoms with van der Waals surface area (Å²) in [6, 6.07) is 2.42. The highest BCUT2D eigenvalue weighted by atomic mass is 79.9. The van der Waals surface area contributed by atoms with Crippen molar-refractivity contribution in [3.63, 3.8) is 0 Å². The van der Waals surface area contributed by atoms with Crippen LogP contribution in [0.25, 0.3) is 0 Å². The maximum Gasteiger partial charge on any atom is 0.348 e. The van der Waals surface area contributed by atoms with Gasteiger partial charge in [0.05, 0.1) is 0 Å². The normalized spacial score (nSPS) is 11.8. The van der Waals surface area contributed by atoms with Gasteiger partial charge in [0.2, 0.25) is 5.78 Å². The monoisotopic (exact) mass is 321 g/mol. The van der Waals surface area contributed by atoms with Crippen molar-refractivity contribution >= 4 is 28.1 Å². The molecule has 0 bridgehead atoms. The van der Waals surface area contributed by atoms with Gasteiger partial charge in [-0.3, -0.25) is 14.8 Å². The molecular formula is C9H10BrF2N5O. The summed E-state index contributed by atoms with van der Waals surface area (Å²) in [5.41, 5.74) is -0.645. The third-order valence-corrected chi connectivity index (χ3v) is 2.41. The van der Waals surface area contributed by atoms with Crippen LogP contribution in [0.15, 0.2) is 27.9 Å². The number of nitrogens with zero attached hydrogens (tertiary/aromatic N) is 3. The molecule has 1 rings (SSSR count). The number of hydrazone groups is 1. The number of hydrogen-bond donors (Lipinski definition) is 2. The summed E-state index contributed by atoms with van der Waals surface area (Å²) < 4.78 is 27.9. The molecule has 0 aromatic carbocycles. The molecule has 4 N–H and O–H groups in total. The Morgan fingerprint density at radius 1 is 1.61 bits per heavy atom. The number of hydrazine groups is 1. The Hall–Kier alpha value is -1.61. The van der Waals surface area contributed by atoms with Crippen molar-refractivity contribution in [2.45, 2.75) is 5.92 Å². The van der Waals surface area contributed by atoms with Crippen LogP contribution in [0.2, 0.25) is 0 Å². The maximum atomic E-state index is 13.7. The fourth-order valence-electron chi connectivity index (χ4n) is 1.10. The molecule has 18 heavy (non-hydrogen) atoms. The van der Waals surface area contributed by atoms with E-state index in [2.05, 4.69) is 26.0 Å². The first kappa shape index (κ1) is 14.5. The molecule has 9 heteroatoms. The molecule has 0 aliphatic carbocycles. The van der Waals surface area contributed by atoms with Crippen molar-refractivity contribution in [3.8, 4) is 0 Å². The summed E-state index contributed by atoms with van der Waals surface area (Å²) in [4.78, 5) is 14.9. The van der Waals surface area contributed by atoms with Crippen molar-refractivity contribution in [1.29, 1.82) is 0 Å². The van der Waals surface area contributed by atoms with Crippen molar-refractivity contribution in [3.05, 3.63) is 28.5 Å². The van der Waals surface area contributed by atoms with Crippen LogP contribution in [-0.2, 0) is 10.7 Å². The van der Waals surface area contributed by atoms with E-state index in [1.165, 1.54) is 12.3 Å². The Kier molecular flexibility index (Phi) is 4.68. The first-order chi connectivity index (χ1) is 8.37. The number of halogens is 3. The lowest BCUT2D eigenvalue weighted by molar-refractivity contribution is -0.145. The number of aromatic nitrogens is 1. The highest BCUT2D eigenvalue weighted by Crippen LogP contribution is 2.28. The van der Waals surface area contributed by atoms with Crippen LogP contribution in [0, 0.1) is 0 Å². The maximum absolute atomic E-state index is 13.7. The van der Waals surface area contributed by atoms with Gasteiger partial charge in [-0.05, 0) is 28.1 Å². The minimum atomic E-state index is -3.72. The van der Waals surface area contributed by atoms with E-state index < -0.39 is 23.9 Å². The third kappa shape index (κ3) is 3.44. The number of pyridine rings is 1. The summed E-state index contributed by atoms with van der Waals surface area (Å²) >= 11 is 3.06. The van der Waals surface area contributed by atoms with E-state index in [0.29, 0.717) is 9.48 Å². The van der Waals surface area contributed by atoms with E-state index in [1.54, 1.807) is 0 Å². The van der Waals surface area contributed by atoms with Gasteiger partial charge < -0.3 is 5.84 Å². The number of hydrogen-bond acceptors (Lipinski definition) is 5. The molecule has 0 fully saturated rings. The van der Waals surface area contributed by atoms with Crippen molar-refractivity contribution in [1.82, 2.24) is 9.99 Å². The van der Waals surface area contributed by atoms with Crippen LogP contribution >= 0.6 is 15.9 Å². The van der Waals surface area contributed by atoms with E-state index in [4.69, 9.17) is 11.7 Å². The van der Waals surface area contributed by atoms with Gasteiger partial charge in [-0.2, -0.15) is 13.9 Å². The second-order valence-electron chi connectivity index (χ2n) is 3.30. The SMILES string of the molecule is N/N=C\N(N)CC(=O)C(F)(F)c1ccc(Br)cn1. The lowest BCUT2D eigenvalue weighted by Gasteiger charge is -2.17. The van der Waals surface area contributed by atoms with Gasteiger partial charge in [0.1, 0.15) is 18.6 Å². The molecule has 1 heterocycles. The van der Waals surface area contributed by atoms with Gasteiger partial charge in [-0.1, -0.05) is 0 Å². The van der Waals surface area contributed by atoms with Crippen LogP contribution in [0.3, 0.4) is 0 Å². The second-order valence-corrected chi connectivity index (χ2v) is 4.21. The summed E-state index contributed by atoms with van der Waals surface area (Å²) in [6.07, 6.45) is 2.04. The van der Waals surface area contributed by atoms with E-state index >= 15 is 0 Å². The zero-order valence-electron chi connectivity index (χ0n) is 9.05. The lowest BCUT2D eigenvalue weighted by Crippen LogP contribution is -2.41. The van der Waals surface area contributed by atoms with Gasteiger partial charge in [0, 0.05) is 10.7 Å². The molecule has 98 valence electrons. The zero-order chi connectivity index (χ0) is 13.8. The highest BCUT2D eigenvalue weighted by molar-refractivity contribution is 9.10. The van der Waals surface area contributed by atoms with Crippen LogP contribution in [0.4, 0.5) is 8.78 Å². The summed E-state index contributed by atoms with van der Waals surface area (Å²) in [5.74, 6) is 4.85. The predicted molar refractivity (Wildman–Crippen MR) is 64.4 cm³/mol. The minimum Gasteiger partial charge on any atom is -0.322 e. The molecular weight excluding hydrogens is 312 g/mol. The van der Waals surface area contributed by atoms with Crippen molar-refractivity contribution in [2.24, 2.45) is 16.8 Å². The largest absolute Gasteiger partial charge is 0.348 e. The smallest absolute Gasteiger partial charge is 0.322 e. The number of ketones is 1. The summed E-state index contributed by atoms with van der Waals surface area (Å²) in [6.45, 7) is -0.731. The minimum absolute atomic E-state index is 0.533. The van der Waals surface area contributed by atoms with Crippen LogP contribution < -0.4 is 11.7 Å². The summed E-state index contributed by atoms with van der Waals surface area (Å²) in [7, 11) is 0. The number of Topliss-reactive ketones (excluding diaryl/α,β-unsaturated/α-hetero) is 1. The molecule has 0 unspecified atom stereocenters. The number of nitrogens with two attached hydrogens (primary N) is 2. The Labute approximate surface area is 110 Å². The number of rotatable bonds is 5. The fourth-order valence-corrected chi connectivity index (χ4v) is 1.33. The third-order valence-electron chi connectivity index (χ3n) is 1.94. The van der Waals surface area contributed by atoms with E-state index in [-0.39, 0.29) is 0 Å². The molecule has 0 saturated carbocycles. The number of carbonyl (C=O) groups excluding carboxylic acids is 1. The van der Waals surface area contributed by atoms with Crippen molar-refractivity contribution < 1.29 is 13.6 Å². The van der Waals surface area contributed by atoms with Gasteiger partial charge in [0.15, 0.2) is 0 Å². The molecule has 0 aliphatic heterocycles. The molecule has 0 aliphatic rings. The number of alkyl halides is 2. The standard InChI is InChI=1S/C9H10BrF2N5O/c10-6-1-2-7(15-3-6)9(11,12)8(18)4-17(14)5-16-13/h1-3,5H,4,13-14H2/b16-5-. The van der Waals surface area contributed by atoms with Crippen LogP contribution in [-0.4, -0.2) is 28.7 Å². The Balaban J connectivity index is 2.85. The zero-order valence-corrected chi connectivity index (χ0v) is 10.6. The second kappa shape index (κ2) is 5.83. The molecule has 0 atom stereocenters. The van der Waals surface area contributed by atoms with Gasteiger partial charge >= 0.3 is 5.92 Å².